The molecule has 1 aliphatic rings. The van der Waals surface area contributed by atoms with E-state index in [-0.39, 0.29) is 17.7 Å². The second kappa shape index (κ2) is 10.4. The van der Waals surface area contributed by atoms with E-state index in [4.69, 9.17) is 21.1 Å². The minimum atomic E-state index is -0.396. The number of piperidine rings is 1. The summed E-state index contributed by atoms with van der Waals surface area (Å²) in [7, 11) is 3.04. The van der Waals surface area contributed by atoms with Crippen molar-refractivity contribution in [2.24, 2.45) is 0 Å². The van der Waals surface area contributed by atoms with Gasteiger partial charge in [-0.3, -0.25) is 14.5 Å². The van der Waals surface area contributed by atoms with Crippen LogP contribution in [0.3, 0.4) is 0 Å². The Morgan fingerprint density at radius 2 is 1.82 bits per heavy atom. The third-order valence-corrected chi connectivity index (χ3v) is 6.74. The number of benzene rings is 2. The van der Waals surface area contributed by atoms with Crippen LogP contribution in [0.2, 0.25) is 5.02 Å². The van der Waals surface area contributed by atoms with Gasteiger partial charge < -0.3 is 19.5 Å². The van der Waals surface area contributed by atoms with Crippen LogP contribution in [0.1, 0.15) is 33.7 Å². The number of methoxy groups -OCH3 is 2. The Morgan fingerprint density at radius 1 is 1.12 bits per heavy atom. The molecule has 1 aromatic heterocycles. The molecule has 2 heterocycles. The summed E-state index contributed by atoms with van der Waals surface area (Å²) in [5.41, 5.74) is 1.03. The molecule has 2 aromatic carbocycles. The average Bonchev–Trinajstić information content (AvgIpc) is 3.34. The van der Waals surface area contributed by atoms with Crippen molar-refractivity contribution in [2.75, 3.05) is 32.2 Å². The largest absolute Gasteiger partial charge is 0.493 e. The molecule has 34 heavy (non-hydrogen) atoms. The number of hydrogen-bond acceptors (Lipinski definition) is 7. The lowest BCUT2D eigenvalue weighted by atomic mass is 10.1. The van der Waals surface area contributed by atoms with Gasteiger partial charge >= 0.3 is 0 Å². The van der Waals surface area contributed by atoms with E-state index >= 15 is 0 Å². The van der Waals surface area contributed by atoms with Crippen LogP contribution in [0.4, 0.5) is 10.8 Å². The van der Waals surface area contributed by atoms with Gasteiger partial charge in [0.25, 0.3) is 11.8 Å². The normalized spacial score (nSPS) is 14.1. The van der Waals surface area contributed by atoms with Gasteiger partial charge in [-0.1, -0.05) is 23.7 Å². The Hall–Kier alpha value is -3.14. The molecule has 2 amide bonds. The Bertz CT molecular complexity index is 1190. The fraction of sp³-hybridized carbons (Fsp3) is 0.292. The standard InChI is InChI=1S/C24H24ClN3O5S/c1-32-20-8-7-15(13-21(20)33-2)28(22(30)17-5-3-4-6-18(17)25)24-26-19(14-34-24)23(31)27-11-9-16(29)10-12-27/h3-8,13-14,16,29H,9-12H2,1-2H3. The first-order chi connectivity index (χ1) is 16.4. The van der Waals surface area contributed by atoms with Crippen molar-refractivity contribution in [1.29, 1.82) is 0 Å². The SMILES string of the molecule is COc1ccc(N(C(=O)c2ccccc2Cl)c2nc(C(=O)N3CCC(O)CC3)cs2)cc1OC. The van der Waals surface area contributed by atoms with Crippen LogP contribution in [0.5, 0.6) is 11.5 Å². The summed E-state index contributed by atoms with van der Waals surface area (Å²) in [4.78, 5) is 34.2. The third kappa shape index (κ3) is 4.86. The Balaban J connectivity index is 1.73. The van der Waals surface area contributed by atoms with E-state index in [0.717, 1.165) is 0 Å². The summed E-state index contributed by atoms with van der Waals surface area (Å²) in [6.07, 6.45) is 0.681. The lowest BCUT2D eigenvalue weighted by molar-refractivity contribution is 0.0542. The lowest BCUT2D eigenvalue weighted by Crippen LogP contribution is -2.40. The van der Waals surface area contributed by atoms with E-state index in [9.17, 15) is 14.7 Å². The monoisotopic (exact) mass is 501 g/mol. The molecule has 8 nitrogen and oxygen atoms in total. The molecule has 0 aliphatic carbocycles. The first-order valence-electron chi connectivity index (χ1n) is 10.7. The van der Waals surface area contributed by atoms with Crippen molar-refractivity contribution in [1.82, 2.24) is 9.88 Å². The number of carbonyl (C=O) groups is 2. The number of aromatic nitrogens is 1. The van der Waals surface area contributed by atoms with Crippen LogP contribution in [0, 0.1) is 0 Å². The minimum absolute atomic E-state index is 0.230. The molecule has 1 saturated heterocycles. The molecule has 1 aliphatic heterocycles. The van der Waals surface area contributed by atoms with E-state index < -0.39 is 5.91 Å². The molecule has 10 heteroatoms. The van der Waals surface area contributed by atoms with Crippen molar-refractivity contribution in [3.8, 4) is 11.5 Å². The van der Waals surface area contributed by atoms with Crippen LogP contribution < -0.4 is 14.4 Å². The van der Waals surface area contributed by atoms with E-state index in [0.29, 0.717) is 58.8 Å². The van der Waals surface area contributed by atoms with E-state index in [1.54, 1.807) is 52.7 Å². The molecule has 0 saturated carbocycles. The fourth-order valence-electron chi connectivity index (χ4n) is 3.73. The highest BCUT2D eigenvalue weighted by Crippen LogP contribution is 2.37. The molecule has 1 fully saturated rings. The van der Waals surface area contributed by atoms with Gasteiger partial charge in [0.2, 0.25) is 0 Å². The first kappa shape index (κ1) is 24.0. The van der Waals surface area contributed by atoms with Gasteiger partial charge in [-0.05, 0) is 37.1 Å². The van der Waals surface area contributed by atoms with Crippen LogP contribution in [0.15, 0.2) is 47.8 Å². The second-order valence-electron chi connectivity index (χ2n) is 7.70. The predicted molar refractivity (Wildman–Crippen MR) is 131 cm³/mol. The Labute approximate surface area is 206 Å². The zero-order chi connectivity index (χ0) is 24.2. The molecule has 4 rings (SSSR count). The Kier molecular flexibility index (Phi) is 7.35. The maximum Gasteiger partial charge on any atom is 0.273 e. The summed E-state index contributed by atoms with van der Waals surface area (Å²) in [6, 6.07) is 11.8. The Morgan fingerprint density at radius 3 is 2.50 bits per heavy atom. The molecular weight excluding hydrogens is 478 g/mol. The van der Waals surface area contributed by atoms with E-state index in [1.165, 1.54) is 30.5 Å². The smallest absolute Gasteiger partial charge is 0.273 e. The predicted octanol–water partition coefficient (Wildman–Crippen LogP) is 4.39. The molecule has 178 valence electrons. The molecule has 0 spiro atoms. The number of rotatable bonds is 6. The maximum absolute atomic E-state index is 13.7. The van der Waals surface area contributed by atoms with E-state index in [1.807, 2.05) is 0 Å². The van der Waals surface area contributed by atoms with Gasteiger partial charge in [0.1, 0.15) is 5.69 Å². The third-order valence-electron chi connectivity index (χ3n) is 5.59. The van der Waals surface area contributed by atoms with Crippen LogP contribution >= 0.6 is 22.9 Å². The number of ether oxygens (including phenoxy) is 2. The number of halogens is 1. The van der Waals surface area contributed by atoms with Gasteiger partial charge in [0, 0.05) is 24.5 Å². The molecule has 0 radical (unpaired) electrons. The number of carbonyl (C=O) groups excluding carboxylic acids is 2. The number of nitrogens with zero attached hydrogens (tertiary/aromatic N) is 3. The number of hydrogen-bond donors (Lipinski definition) is 1. The number of thiazole rings is 1. The zero-order valence-electron chi connectivity index (χ0n) is 18.7. The lowest BCUT2D eigenvalue weighted by Gasteiger charge is -2.29. The maximum atomic E-state index is 13.7. The molecule has 1 N–H and O–H groups in total. The topological polar surface area (TPSA) is 92.2 Å². The number of aliphatic hydroxyl groups is 1. The summed E-state index contributed by atoms with van der Waals surface area (Å²) in [5.74, 6) is 0.328. The molecule has 3 aromatic rings. The molecular formula is C24H24ClN3O5S. The van der Waals surface area contributed by atoms with Crippen molar-refractivity contribution in [2.45, 2.75) is 18.9 Å². The molecule has 0 bridgehead atoms. The van der Waals surface area contributed by atoms with Gasteiger partial charge in [-0.25, -0.2) is 4.98 Å². The van der Waals surface area contributed by atoms with E-state index in [2.05, 4.69) is 4.98 Å². The highest BCUT2D eigenvalue weighted by molar-refractivity contribution is 7.14. The summed E-state index contributed by atoms with van der Waals surface area (Å²) in [5, 5.41) is 12.0. The summed E-state index contributed by atoms with van der Waals surface area (Å²) < 4.78 is 10.7. The summed E-state index contributed by atoms with van der Waals surface area (Å²) >= 11 is 7.50. The molecule has 0 atom stereocenters. The number of anilines is 2. The van der Waals surface area contributed by atoms with Gasteiger partial charge in [-0.15, -0.1) is 11.3 Å². The van der Waals surface area contributed by atoms with Crippen LogP contribution in [-0.4, -0.2) is 60.2 Å². The highest BCUT2D eigenvalue weighted by atomic mass is 35.5. The number of aliphatic hydroxyl groups excluding tert-OH is 1. The van der Waals surface area contributed by atoms with Crippen LogP contribution in [-0.2, 0) is 0 Å². The van der Waals surface area contributed by atoms with Crippen molar-refractivity contribution in [3.63, 3.8) is 0 Å². The summed E-state index contributed by atoms with van der Waals surface area (Å²) in [6.45, 7) is 0.926. The fourth-order valence-corrected chi connectivity index (χ4v) is 4.76. The molecule has 0 unspecified atom stereocenters. The van der Waals surface area contributed by atoms with Crippen molar-refractivity contribution < 1.29 is 24.2 Å². The number of likely N-dealkylation sites (tertiary alicyclic amines) is 1. The zero-order valence-corrected chi connectivity index (χ0v) is 20.3. The van der Waals surface area contributed by atoms with Gasteiger partial charge in [0.15, 0.2) is 16.6 Å². The minimum Gasteiger partial charge on any atom is -0.493 e. The second-order valence-corrected chi connectivity index (χ2v) is 8.94. The van der Waals surface area contributed by atoms with Gasteiger partial charge in [0.05, 0.1) is 36.6 Å². The number of amides is 2. The van der Waals surface area contributed by atoms with Crippen molar-refractivity contribution in [3.05, 3.63) is 64.1 Å². The average molecular weight is 502 g/mol. The first-order valence-corrected chi connectivity index (χ1v) is 11.9. The van der Waals surface area contributed by atoms with Crippen LogP contribution in [0.25, 0.3) is 0 Å². The quantitative estimate of drug-likeness (QED) is 0.538. The highest BCUT2D eigenvalue weighted by Gasteiger charge is 2.28. The van der Waals surface area contributed by atoms with Crippen molar-refractivity contribution >= 4 is 45.6 Å². The van der Waals surface area contributed by atoms with Gasteiger partial charge in [-0.2, -0.15) is 0 Å².